The van der Waals surface area contributed by atoms with Gasteiger partial charge in [0.2, 0.25) is 0 Å². The van der Waals surface area contributed by atoms with E-state index in [1.807, 2.05) is 6.26 Å². The second-order valence-electron chi connectivity index (χ2n) is 2.67. The Hall–Kier alpha value is -1.56. The molecule has 0 saturated carbocycles. The molecular weight excluding hydrogens is 202 g/mol. The molecule has 2 rings (SSSR count). The van der Waals surface area contributed by atoms with Crippen molar-refractivity contribution in [3.05, 3.63) is 28.6 Å². The third-order valence-corrected chi connectivity index (χ3v) is 2.72. The highest BCUT2D eigenvalue weighted by molar-refractivity contribution is 7.98. The fourth-order valence-electron chi connectivity index (χ4n) is 1.31. The highest BCUT2D eigenvalue weighted by Crippen LogP contribution is 2.29. The van der Waals surface area contributed by atoms with E-state index in [4.69, 9.17) is 0 Å². The van der Waals surface area contributed by atoms with Gasteiger partial charge in [-0.2, -0.15) is 0 Å². The Morgan fingerprint density at radius 2 is 2.36 bits per heavy atom. The third kappa shape index (κ3) is 1.24. The summed E-state index contributed by atoms with van der Waals surface area (Å²) in [6, 6.07) is 3.21. The molecule has 5 nitrogen and oxygen atoms in total. The molecule has 0 fully saturated rings. The number of aromatic amines is 1. The largest absolute Gasteiger partial charge is 0.343 e. The number of hydrogen-bond acceptors (Lipinski definition) is 4. The summed E-state index contributed by atoms with van der Waals surface area (Å²) >= 11 is 1.53. The molecule has 1 aromatic carbocycles. The van der Waals surface area contributed by atoms with E-state index in [0.29, 0.717) is 5.52 Å². The lowest BCUT2D eigenvalue weighted by Crippen LogP contribution is -1.89. The molecule has 0 atom stereocenters. The van der Waals surface area contributed by atoms with Crippen LogP contribution in [0, 0.1) is 10.1 Å². The first kappa shape index (κ1) is 9.01. The van der Waals surface area contributed by atoms with E-state index in [1.54, 1.807) is 6.07 Å². The van der Waals surface area contributed by atoms with Gasteiger partial charge in [0.15, 0.2) is 5.52 Å². The molecule has 0 aliphatic rings. The van der Waals surface area contributed by atoms with Gasteiger partial charge in [0, 0.05) is 11.0 Å². The Balaban J connectivity index is 2.78. The molecule has 2 aromatic rings. The Morgan fingerprint density at radius 1 is 1.57 bits per heavy atom. The van der Waals surface area contributed by atoms with E-state index < -0.39 is 4.92 Å². The van der Waals surface area contributed by atoms with Crippen LogP contribution in [0.15, 0.2) is 23.4 Å². The van der Waals surface area contributed by atoms with Gasteiger partial charge in [-0.15, -0.1) is 11.8 Å². The van der Waals surface area contributed by atoms with Gasteiger partial charge in [-0.05, 0) is 12.3 Å². The van der Waals surface area contributed by atoms with Crippen molar-refractivity contribution < 1.29 is 4.92 Å². The van der Waals surface area contributed by atoms with Gasteiger partial charge in [-0.1, -0.05) is 0 Å². The van der Waals surface area contributed by atoms with Gasteiger partial charge in [0.1, 0.15) is 0 Å². The third-order valence-electron chi connectivity index (χ3n) is 1.94. The molecule has 0 amide bonds. The molecule has 1 N–H and O–H groups in total. The molecule has 1 aromatic heterocycles. The summed E-state index contributed by atoms with van der Waals surface area (Å²) in [6.45, 7) is 0. The number of nitro benzene ring substituents is 1. The van der Waals surface area contributed by atoms with Crippen molar-refractivity contribution in [1.82, 2.24) is 9.97 Å². The predicted molar refractivity (Wildman–Crippen MR) is 54.5 cm³/mol. The summed E-state index contributed by atoms with van der Waals surface area (Å²) in [7, 11) is 0. The zero-order valence-electron chi connectivity index (χ0n) is 7.35. The number of aromatic nitrogens is 2. The molecule has 14 heavy (non-hydrogen) atoms. The van der Waals surface area contributed by atoms with Crippen molar-refractivity contribution in [3.63, 3.8) is 0 Å². The summed E-state index contributed by atoms with van der Waals surface area (Å²) in [5, 5.41) is 10.7. The van der Waals surface area contributed by atoms with Gasteiger partial charge in [-0.3, -0.25) is 10.1 Å². The molecule has 0 aliphatic carbocycles. The van der Waals surface area contributed by atoms with Crippen molar-refractivity contribution in [1.29, 1.82) is 0 Å². The zero-order chi connectivity index (χ0) is 10.1. The lowest BCUT2D eigenvalue weighted by molar-refractivity contribution is -0.383. The van der Waals surface area contributed by atoms with Crippen LogP contribution in [0.4, 0.5) is 5.69 Å². The quantitative estimate of drug-likeness (QED) is 0.467. The highest BCUT2D eigenvalue weighted by Gasteiger charge is 2.15. The number of nitro groups is 1. The SMILES string of the molecule is CSc1ccc([N+](=O)[O-])c2nc[nH]c12. The average molecular weight is 209 g/mol. The Bertz CT molecular complexity index is 494. The molecule has 0 aliphatic heterocycles. The molecule has 0 bridgehead atoms. The Kier molecular flexibility index (Phi) is 2.12. The number of hydrogen-bond donors (Lipinski definition) is 1. The number of fused-ring (bicyclic) bond motifs is 1. The highest BCUT2D eigenvalue weighted by atomic mass is 32.2. The van der Waals surface area contributed by atoms with Crippen LogP contribution in [-0.4, -0.2) is 21.1 Å². The van der Waals surface area contributed by atoms with Gasteiger partial charge < -0.3 is 4.98 Å². The van der Waals surface area contributed by atoms with Crippen molar-refractivity contribution >= 4 is 28.5 Å². The summed E-state index contributed by atoms with van der Waals surface area (Å²) < 4.78 is 0. The maximum atomic E-state index is 10.7. The van der Waals surface area contributed by atoms with E-state index in [1.165, 1.54) is 24.2 Å². The van der Waals surface area contributed by atoms with Crippen molar-refractivity contribution in [2.24, 2.45) is 0 Å². The summed E-state index contributed by atoms with van der Waals surface area (Å²) in [4.78, 5) is 18.0. The van der Waals surface area contributed by atoms with Gasteiger partial charge in [0.25, 0.3) is 5.69 Å². The summed E-state index contributed by atoms with van der Waals surface area (Å²) in [5.41, 5.74) is 1.19. The van der Waals surface area contributed by atoms with Crippen LogP contribution >= 0.6 is 11.8 Å². The monoisotopic (exact) mass is 209 g/mol. The summed E-state index contributed by atoms with van der Waals surface area (Å²) in [6.07, 6.45) is 3.39. The Morgan fingerprint density at radius 3 is 3.00 bits per heavy atom. The number of nitrogens with zero attached hydrogens (tertiary/aromatic N) is 2. The number of non-ortho nitro benzene ring substituents is 1. The first-order valence-electron chi connectivity index (χ1n) is 3.88. The maximum absolute atomic E-state index is 10.7. The number of benzene rings is 1. The van der Waals surface area contributed by atoms with Crippen LogP contribution in [0.1, 0.15) is 0 Å². The number of thioether (sulfide) groups is 1. The van der Waals surface area contributed by atoms with E-state index in [-0.39, 0.29) is 5.69 Å². The van der Waals surface area contributed by atoms with E-state index >= 15 is 0 Å². The maximum Gasteiger partial charge on any atom is 0.297 e. The van der Waals surface area contributed by atoms with Crippen LogP contribution in [0.3, 0.4) is 0 Å². The van der Waals surface area contributed by atoms with Crippen LogP contribution in [0.5, 0.6) is 0 Å². The number of nitrogens with one attached hydrogen (secondary N) is 1. The fraction of sp³-hybridized carbons (Fsp3) is 0.125. The average Bonchev–Trinajstić information content (AvgIpc) is 2.64. The fourth-order valence-corrected chi connectivity index (χ4v) is 1.87. The molecule has 72 valence electrons. The first-order valence-corrected chi connectivity index (χ1v) is 5.11. The topological polar surface area (TPSA) is 71.8 Å². The molecule has 6 heteroatoms. The summed E-state index contributed by atoms with van der Waals surface area (Å²) in [5.74, 6) is 0. The smallest absolute Gasteiger partial charge is 0.297 e. The van der Waals surface area contributed by atoms with Crippen LogP contribution in [-0.2, 0) is 0 Å². The molecule has 0 unspecified atom stereocenters. The lowest BCUT2D eigenvalue weighted by atomic mass is 10.3. The minimum atomic E-state index is -0.423. The predicted octanol–water partition coefficient (Wildman–Crippen LogP) is 2.19. The first-order chi connectivity index (χ1) is 6.74. The van der Waals surface area contributed by atoms with Crippen molar-refractivity contribution in [3.8, 4) is 0 Å². The number of H-pyrrole nitrogens is 1. The van der Waals surface area contributed by atoms with Crippen LogP contribution in [0.25, 0.3) is 11.0 Å². The second-order valence-corrected chi connectivity index (χ2v) is 3.52. The number of imidazole rings is 1. The normalized spacial score (nSPS) is 10.6. The minimum absolute atomic E-state index is 0.0408. The number of rotatable bonds is 2. The molecule has 0 spiro atoms. The molecular formula is C8H7N3O2S. The molecule has 0 saturated heterocycles. The lowest BCUT2D eigenvalue weighted by Gasteiger charge is -1.98. The van der Waals surface area contributed by atoms with Crippen LogP contribution in [0.2, 0.25) is 0 Å². The van der Waals surface area contributed by atoms with E-state index in [9.17, 15) is 10.1 Å². The van der Waals surface area contributed by atoms with E-state index in [0.717, 1.165) is 10.4 Å². The van der Waals surface area contributed by atoms with Crippen LogP contribution < -0.4 is 0 Å². The van der Waals surface area contributed by atoms with Crippen molar-refractivity contribution in [2.45, 2.75) is 4.90 Å². The standard InChI is InChI=1S/C8H7N3O2S/c1-14-6-3-2-5(11(12)13)7-8(6)10-4-9-7/h2-4H,1H3,(H,9,10). The zero-order valence-corrected chi connectivity index (χ0v) is 8.17. The minimum Gasteiger partial charge on any atom is -0.343 e. The van der Waals surface area contributed by atoms with Gasteiger partial charge in [0.05, 0.1) is 16.8 Å². The van der Waals surface area contributed by atoms with Crippen molar-refractivity contribution in [2.75, 3.05) is 6.26 Å². The van der Waals surface area contributed by atoms with E-state index in [2.05, 4.69) is 9.97 Å². The molecule has 1 heterocycles. The Labute approximate surface area is 83.7 Å². The second kappa shape index (κ2) is 3.30. The molecule has 0 radical (unpaired) electrons. The van der Waals surface area contributed by atoms with Gasteiger partial charge in [-0.25, -0.2) is 4.98 Å². The van der Waals surface area contributed by atoms with Gasteiger partial charge >= 0.3 is 0 Å².